The lowest BCUT2D eigenvalue weighted by Crippen LogP contribution is -1.80. The SMILES string of the molecule is C#CC.CC.CC.CC/C(C)=C\C(C)C.CCC1=C(C)CC=CC=C1.CN. The van der Waals surface area contributed by atoms with Crippen molar-refractivity contribution in [3.63, 3.8) is 0 Å². The molecule has 0 heterocycles. The summed E-state index contributed by atoms with van der Waals surface area (Å²) in [5, 5.41) is 0. The summed E-state index contributed by atoms with van der Waals surface area (Å²) in [6.45, 7) is 22.8. The third-order valence-electron chi connectivity index (χ3n) is 3.07. The third kappa shape index (κ3) is 36.2. The van der Waals surface area contributed by atoms with E-state index in [1.165, 1.54) is 30.2 Å². The largest absolute Gasteiger partial charge is 0.333 e. The predicted molar refractivity (Wildman–Crippen MR) is 132 cm³/mol. The van der Waals surface area contributed by atoms with Crippen LogP contribution in [0.15, 0.2) is 47.1 Å². The molecule has 2 N–H and O–H groups in total. The molecule has 27 heavy (non-hydrogen) atoms. The summed E-state index contributed by atoms with van der Waals surface area (Å²) in [4.78, 5) is 0. The fraction of sp³-hybridized carbons (Fsp3) is 0.615. The standard InChI is InChI=1S/C10H14.C8H16.C3H4.2C2H6.CH5N/c1-3-10-8-6-4-5-7-9(10)2;1-5-8(4)6-7(2)3;1-3-2;3*1-2/h4-6,8H,3,7H2,1-2H3;6-7H,5H2,1-4H3;1H,2H3;2*1-2H3;2H2,1H3/b;8-6-;;;;. The molecule has 0 radical (unpaired) electrons. The van der Waals surface area contributed by atoms with Crippen LogP contribution in [0.3, 0.4) is 0 Å². The smallest absolute Gasteiger partial charge is 0.00297 e. The van der Waals surface area contributed by atoms with Crippen LogP contribution in [0.4, 0.5) is 0 Å². The van der Waals surface area contributed by atoms with Gasteiger partial charge in [-0.15, -0.1) is 12.3 Å². The molecular weight excluding hydrogens is 326 g/mol. The average molecular weight is 378 g/mol. The number of terminal acetylenes is 1. The Balaban J connectivity index is -0.0000000851. The van der Waals surface area contributed by atoms with Crippen LogP contribution in [0.5, 0.6) is 0 Å². The Morgan fingerprint density at radius 1 is 1.15 bits per heavy atom. The highest BCUT2D eigenvalue weighted by atomic mass is 14.4. The van der Waals surface area contributed by atoms with Gasteiger partial charge in [0.2, 0.25) is 0 Å². The van der Waals surface area contributed by atoms with E-state index in [0.717, 1.165) is 18.8 Å². The summed E-state index contributed by atoms with van der Waals surface area (Å²) in [5.41, 5.74) is 9.00. The Bertz CT molecular complexity index is 412. The van der Waals surface area contributed by atoms with Gasteiger partial charge in [-0.1, -0.05) is 96.9 Å². The molecule has 0 spiro atoms. The first-order chi connectivity index (χ1) is 12.9. The topological polar surface area (TPSA) is 26.0 Å². The highest BCUT2D eigenvalue weighted by Crippen LogP contribution is 2.16. The van der Waals surface area contributed by atoms with E-state index in [9.17, 15) is 0 Å². The molecule has 0 atom stereocenters. The van der Waals surface area contributed by atoms with E-state index in [0.29, 0.717) is 0 Å². The van der Waals surface area contributed by atoms with E-state index in [4.69, 9.17) is 0 Å². The minimum atomic E-state index is 0.718. The molecule has 1 nitrogen and oxygen atoms in total. The average Bonchev–Trinajstić information content (AvgIpc) is 2.91. The highest BCUT2D eigenvalue weighted by molar-refractivity contribution is 5.31. The number of hydrogen-bond acceptors (Lipinski definition) is 1. The lowest BCUT2D eigenvalue weighted by atomic mass is 10.1. The van der Waals surface area contributed by atoms with E-state index in [-0.39, 0.29) is 0 Å². The minimum absolute atomic E-state index is 0.718. The zero-order valence-electron chi connectivity index (χ0n) is 20.7. The second-order valence-corrected chi connectivity index (χ2v) is 5.55. The van der Waals surface area contributed by atoms with Crippen molar-refractivity contribution in [2.45, 2.75) is 95.4 Å². The normalized spacial score (nSPS) is 11.4. The van der Waals surface area contributed by atoms with Crippen molar-refractivity contribution in [1.82, 2.24) is 0 Å². The first-order valence-electron chi connectivity index (χ1n) is 10.6. The first kappa shape index (κ1) is 36.4. The number of nitrogens with two attached hydrogens (primary N) is 1. The van der Waals surface area contributed by atoms with Crippen molar-refractivity contribution in [2.24, 2.45) is 11.7 Å². The summed E-state index contributed by atoms with van der Waals surface area (Å²) < 4.78 is 0. The van der Waals surface area contributed by atoms with Gasteiger partial charge in [-0.2, -0.15) is 0 Å². The molecule has 0 aromatic rings. The maximum atomic E-state index is 4.60. The van der Waals surface area contributed by atoms with Gasteiger partial charge in [0, 0.05) is 0 Å². The molecule has 0 aromatic heterocycles. The van der Waals surface area contributed by atoms with Crippen LogP contribution in [-0.4, -0.2) is 7.05 Å². The van der Waals surface area contributed by atoms with E-state index in [2.05, 4.69) is 90.0 Å². The first-order valence-corrected chi connectivity index (χ1v) is 10.6. The van der Waals surface area contributed by atoms with Crippen molar-refractivity contribution in [3.8, 4) is 12.3 Å². The zero-order valence-corrected chi connectivity index (χ0v) is 20.7. The van der Waals surface area contributed by atoms with Gasteiger partial charge in [0.1, 0.15) is 0 Å². The molecule has 0 unspecified atom stereocenters. The van der Waals surface area contributed by atoms with Crippen LogP contribution < -0.4 is 5.73 Å². The Morgan fingerprint density at radius 3 is 1.89 bits per heavy atom. The van der Waals surface area contributed by atoms with Gasteiger partial charge >= 0.3 is 0 Å². The van der Waals surface area contributed by atoms with E-state index >= 15 is 0 Å². The molecule has 1 aliphatic carbocycles. The summed E-state index contributed by atoms with van der Waals surface area (Å²) in [6, 6.07) is 0. The van der Waals surface area contributed by atoms with E-state index in [1.807, 2.05) is 27.7 Å². The fourth-order valence-corrected chi connectivity index (χ4v) is 1.87. The van der Waals surface area contributed by atoms with Gasteiger partial charge in [0.25, 0.3) is 0 Å². The maximum Gasteiger partial charge on any atom is -0.00297 e. The van der Waals surface area contributed by atoms with E-state index in [1.54, 1.807) is 6.92 Å². The maximum absolute atomic E-state index is 4.60. The second kappa shape index (κ2) is 35.6. The van der Waals surface area contributed by atoms with Gasteiger partial charge in [-0.05, 0) is 58.6 Å². The summed E-state index contributed by atoms with van der Waals surface area (Å²) >= 11 is 0. The van der Waals surface area contributed by atoms with Crippen LogP contribution >= 0.6 is 0 Å². The molecule has 0 saturated heterocycles. The van der Waals surface area contributed by atoms with Gasteiger partial charge < -0.3 is 5.73 Å². The molecule has 0 aromatic carbocycles. The summed E-state index contributed by atoms with van der Waals surface area (Å²) in [6.07, 6.45) is 19.0. The highest BCUT2D eigenvalue weighted by Gasteiger charge is 1.96. The molecule has 0 bridgehead atoms. The molecule has 1 heteroatoms. The van der Waals surface area contributed by atoms with Gasteiger partial charge in [-0.3, -0.25) is 0 Å². The Labute approximate surface area is 173 Å². The van der Waals surface area contributed by atoms with Crippen molar-refractivity contribution < 1.29 is 0 Å². The van der Waals surface area contributed by atoms with Crippen LogP contribution in [0, 0.1) is 18.3 Å². The number of allylic oxidation sites excluding steroid dienone is 8. The molecule has 0 fully saturated rings. The predicted octanol–water partition coefficient (Wildman–Crippen LogP) is 8.49. The zero-order chi connectivity index (χ0) is 22.7. The van der Waals surface area contributed by atoms with Crippen molar-refractivity contribution in [2.75, 3.05) is 7.05 Å². The Kier molecular flexibility index (Phi) is 48.0. The molecule has 1 rings (SSSR count). The van der Waals surface area contributed by atoms with Crippen molar-refractivity contribution in [3.05, 3.63) is 47.1 Å². The van der Waals surface area contributed by atoms with Gasteiger partial charge in [-0.25, -0.2) is 0 Å². The molecule has 0 amide bonds. The Hall–Kier alpha value is -1.52. The van der Waals surface area contributed by atoms with Gasteiger partial charge in [0.15, 0.2) is 0 Å². The second-order valence-electron chi connectivity index (χ2n) is 5.55. The number of rotatable bonds is 3. The summed E-state index contributed by atoms with van der Waals surface area (Å²) in [7, 11) is 1.50. The van der Waals surface area contributed by atoms with E-state index < -0.39 is 0 Å². The summed E-state index contributed by atoms with van der Waals surface area (Å²) in [5.74, 6) is 2.97. The fourth-order valence-electron chi connectivity index (χ4n) is 1.87. The molecule has 160 valence electrons. The molecule has 0 saturated carbocycles. The van der Waals surface area contributed by atoms with Crippen molar-refractivity contribution >= 4 is 0 Å². The third-order valence-corrected chi connectivity index (χ3v) is 3.07. The molecule has 0 aliphatic heterocycles. The van der Waals surface area contributed by atoms with Crippen LogP contribution in [0.1, 0.15) is 95.4 Å². The lowest BCUT2D eigenvalue weighted by molar-refractivity contribution is 0.813. The van der Waals surface area contributed by atoms with Crippen LogP contribution in [0.25, 0.3) is 0 Å². The minimum Gasteiger partial charge on any atom is -0.333 e. The van der Waals surface area contributed by atoms with Crippen LogP contribution in [-0.2, 0) is 0 Å². The monoisotopic (exact) mass is 377 g/mol. The quantitative estimate of drug-likeness (QED) is 0.387. The number of hydrogen-bond donors (Lipinski definition) is 1. The van der Waals surface area contributed by atoms with Gasteiger partial charge in [0.05, 0.1) is 0 Å². The molecular formula is C26H51N. The lowest BCUT2D eigenvalue weighted by Gasteiger charge is -2.00. The Morgan fingerprint density at radius 2 is 1.59 bits per heavy atom. The van der Waals surface area contributed by atoms with Crippen molar-refractivity contribution in [1.29, 1.82) is 0 Å². The van der Waals surface area contributed by atoms with Crippen LogP contribution in [0.2, 0.25) is 0 Å². The molecule has 1 aliphatic rings.